The molecule has 0 unspecified atom stereocenters. The van der Waals surface area contributed by atoms with Gasteiger partial charge in [-0.2, -0.15) is 0 Å². The van der Waals surface area contributed by atoms with E-state index >= 15 is 0 Å². The molecule has 0 saturated heterocycles. The fraction of sp³-hybridized carbons (Fsp3) is 0.462. The van der Waals surface area contributed by atoms with Gasteiger partial charge in [-0.1, -0.05) is 13.3 Å². The molecule has 1 rings (SSSR count). The third-order valence-electron chi connectivity index (χ3n) is 2.47. The summed E-state index contributed by atoms with van der Waals surface area (Å²) in [6.07, 6.45) is 2.14. The first-order valence-electron chi connectivity index (χ1n) is 5.50. The highest BCUT2D eigenvalue weighted by Crippen LogP contribution is 2.23. The van der Waals surface area contributed by atoms with Gasteiger partial charge in [0.1, 0.15) is 5.75 Å². The largest absolute Gasteiger partial charge is 0.494 e. The van der Waals surface area contributed by atoms with Crippen molar-refractivity contribution in [3.05, 3.63) is 28.8 Å². The van der Waals surface area contributed by atoms with Crippen LogP contribution in [0.3, 0.4) is 0 Å². The molecule has 2 nitrogen and oxygen atoms in total. The lowest BCUT2D eigenvalue weighted by Gasteiger charge is -2.10. The number of carbonyl (C=O) groups excluding carboxylic acids is 1. The normalized spacial score (nSPS) is 10.2. The molecule has 0 fully saturated rings. The van der Waals surface area contributed by atoms with Crippen LogP contribution in [0, 0.1) is 13.8 Å². The average Bonchev–Trinajstić information content (AvgIpc) is 2.16. The van der Waals surface area contributed by atoms with Crippen molar-refractivity contribution < 1.29 is 9.53 Å². The number of rotatable bonds is 5. The summed E-state index contributed by atoms with van der Waals surface area (Å²) in [5.74, 6) is 0.810. The van der Waals surface area contributed by atoms with Gasteiger partial charge in [0.05, 0.1) is 6.61 Å². The summed E-state index contributed by atoms with van der Waals surface area (Å²) in [6, 6.07) is 3.72. The Morgan fingerprint density at radius 3 is 2.31 bits per heavy atom. The Kier molecular flexibility index (Phi) is 4.81. The number of ether oxygens (including phenoxy) is 1. The van der Waals surface area contributed by atoms with Crippen LogP contribution >= 0.6 is 11.6 Å². The van der Waals surface area contributed by atoms with Gasteiger partial charge in [-0.15, -0.1) is 0 Å². The predicted molar refractivity (Wildman–Crippen MR) is 66.5 cm³/mol. The summed E-state index contributed by atoms with van der Waals surface area (Å²) in [7, 11) is 0. The van der Waals surface area contributed by atoms with E-state index in [4.69, 9.17) is 16.3 Å². The smallest absolute Gasteiger partial charge is 0.252 e. The summed E-state index contributed by atoms with van der Waals surface area (Å²) in [5.41, 5.74) is 2.32. The maximum atomic E-state index is 11.2. The quantitative estimate of drug-likeness (QED) is 0.577. The Labute approximate surface area is 102 Å². The topological polar surface area (TPSA) is 26.3 Å². The summed E-state index contributed by atoms with van der Waals surface area (Å²) in [6.45, 7) is 6.57. The molecule has 0 heterocycles. The second kappa shape index (κ2) is 5.90. The standard InChI is InChI=1S/C13H17ClO2/c1-4-5-6-16-11-7-9(2)12(13(14)15)10(3)8-11/h7-8H,4-6H2,1-3H3. The maximum absolute atomic E-state index is 11.2. The number of hydrogen-bond acceptors (Lipinski definition) is 2. The first-order valence-corrected chi connectivity index (χ1v) is 5.88. The summed E-state index contributed by atoms with van der Waals surface area (Å²) in [4.78, 5) is 11.2. The highest BCUT2D eigenvalue weighted by molar-refractivity contribution is 6.68. The van der Waals surface area contributed by atoms with Crippen LogP contribution in [0.5, 0.6) is 5.75 Å². The van der Waals surface area contributed by atoms with Crippen molar-refractivity contribution >= 4 is 16.8 Å². The van der Waals surface area contributed by atoms with Crippen molar-refractivity contribution in [3.63, 3.8) is 0 Å². The van der Waals surface area contributed by atoms with Crippen LogP contribution in [0.1, 0.15) is 41.3 Å². The maximum Gasteiger partial charge on any atom is 0.252 e. The zero-order valence-electron chi connectivity index (χ0n) is 9.97. The minimum atomic E-state index is -0.407. The van der Waals surface area contributed by atoms with Gasteiger partial charge in [0.25, 0.3) is 5.24 Å². The Morgan fingerprint density at radius 1 is 1.31 bits per heavy atom. The van der Waals surface area contributed by atoms with Crippen molar-refractivity contribution in [1.29, 1.82) is 0 Å². The Morgan fingerprint density at radius 2 is 1.88 bits per heavy atom. The summed E-state index contributed by atoms with van der Waals surface area (Å²) < 4.78 is 5.59. The monoisotopic (exact) mass is 240 g/mol. The minimum Gasteiger partial charge on any atom is -0.494 e. The lowest BCUT2D eigenvalue weighted by Crippen LogP contribution is -2.01. The SMILES string of the molecule is CCCCOc1cc(C)c(C(=O)Cl)c(C)c1. The number of carbonyl (C=O) groups is 1. The van der Waals surface area contributed by atoms with E-state index in [1.165, 1.54) is 0 Å². The van der Waals surface area contributed by atoms with Crippen LogP contribution in [0.2, 0.25) is 0 Å². The van der Waals surface area contributed by atoms with Crippen LogP contribution in [-0.2, 0) is 0 Å². The van der Waals surface area contributed by atoms with Gasteiger partial charge < -0.3 is 4.74 Å². The minimum absolute atomic E-state index is 0.407. The van der Waals surface area contributed by atoms with E-state index in [1.807, 2.05) is 26.0 Å². The van der Waals surface area contributed by atoms with E-state index < -0.39 is 5.24 Å². The average molecular weight is 241 g/mol. The molecular weight excluding hydrogens is 224 g/mol. The van der Waals surface area contributed by atoms with E-state index in [-0.39, 0.29) is 0 Å². The van der Waals surface area contributed by atoms with Crippen molar-refractivity contribution in [3.8, 4) is 5.75 Å². The number of aryl methyl sites for hydroxylation is 2. The molecule has 0 saturated carbocycles. The zero-order valence-corrected chi connectivity index (χ0v) is 10.7. The number of halogens is 1. The second-order valence-corrected chi connectivity index (χ2v) is 4.25. The molecule has 1 aromatic rings. The van der Waals surface area contributed by atoms with Gasteiger partial charge in [-0.05, 0) is 55.1 Å². The third kappa shape index (κ3) is 3.24. The van der Waals surface area contributed by atoms with Crippen LogP contribution in [0.4, 0.5) is 0 Å². The summed E-state index contributed by atoms with van der Waals surface area (Å²) in [5, 5.41) is -0.407. The molecule has 0 aliphatic rings. The van der Waals surface area contributed by atoms with Gasteiger partial charge in [0.2, 0.25) is 0 Å². The third-order valence-corrected chi connectivity index (χ3v) is 2.66. The van der Waals surface area contributed by atoms with Crippen LogP contribution in [-0.4, -0.2) is 11.8 Å². The summed E-state index contributed by atoms with van der Waals surface area (Å²) >= 11 is 5.51. The molecule has 0 aliphatic heterocycles. The highest BCUT2D eigenvalue weighted by atomic mass is 35.5. The van der Waals surface area contributed by atoms with E-state index in [0.717, 1.165) is 29.7 Å². The Balaban J connectivity index is 2.87. The molecule has 0 N–H and O–H groups in total. The van der Waals surface area contributed by atoms with Crippen LogP contribution in [0.15, 0.2) is 12.1 Å². The molecule has 0 amide bonds. The fourth-order valence-corrected chi connectivity index (χ4v) is 1.95. The van der Waals surface area contributed by atoms with Crippen LogP contribution in [0.25, 0.3) is 0 Å². The van der Waals surface area contributed by atoms with Crippen molar-refractivity contribution in [1.82, 2.24) is 0 Å². The molecule has 3 heteroatoms. The van der Waals surface area contributed by atoms with E-state index in [0.29, 0.717) is 12.2 Å². The molecule has 0 aliphatic carbocycles. The van der Waals surface area contributed by atoms with Crippen molar-refractivity contribution in [2.45, 2.75) is 33.6 Å². The highest BCUT2D eigenvalue weighted by Gasteiger charge is 2.11. The molecule has 0 bridgehead atoms. The molecular formula is C13H17ClO2. The number of hydrogen-bond donors (Lipinski definition) is 0. The van der Waals surface area contributed by atoms with Crippen molar-refractivity contribution in [2.24, 2.45) is 0 Å². The zero-order chi connectivity index (χ0) is 12.1. The van der Waals surface area contributed by atoms with Gasteiger partial charge in [0, 0.05) is 5.56 Å². The first-order chi connectivity index (χ1) is 7.56. The molecule has 0 aromatic heterocycles. The first kappa shape index (κ1) is 13.0. The molecule has 1 aromatic carbocycles. The van der Waals surface area contributed by atoms with E-state index in [9.17, 15) is 4.79 Å². The van der Waals surface area contributed by atoms with Gasteiger partial charge >= 0.3 is 0 Å². The molecule has 0 spiro atoms. The molecule has 0 radical (unpaired) electrons. The molecule has 0 atom stereocenters. The lowest BCUT2D eigenvalue weighted by atomic mass is 10.0. The lowest BCUT2D eigenvalue weighted by molar-refractivity contribution is 0.108. The van der Waals surface area contributed by atoms with Crippen molar-refractivity contribution in [2.75, 3.05) is 6.61 Å². The van der Waals surface area contributed by atoms with Gasteiger partial charge in [-0.25, -0.2) is 0 Å². The molecule has 88 valence electrons. The Bertz CT molecular complexity index is 363. The fourth-order valence-electron chi connectivity index (χ4n) is 1.65. The number of benzene rings is 1. The van der Waals surface area contributed by atoms with E-state index in [1.54, 1.807) is 0 Å². The number of unbranched alkanes of at least 4 members (excludes halogenated alkanes) is 1. The van der Waals surface area contributed by atoms with Crippen LogP contribution < -0.4 is 4.74 Å². The van der Waals surface area contributed by atoms with E-state index in [2.05, 4.69) is 6.92 Å². The second-order valence-electron chi connectivity index (χ2n) is 3.91. The van der Waals surface area contributed by atoms with Gasteiger partial charge in [0.15, 0.2) is 0 Å². The van der Waals surface area contributed by atoms with Gasteiger partial charge in [-0.3, -0.25) is 4.79 Å². The predicted octanol–water partition coefficient (Wildman–Crippen LogP) is 3.86. The molecule has 16 heavy (non-hydrogen) atoms. The Hall–Kier alpha value is -1.02.